The number of para-hydroxylation sites is 8. The first kappa shape index (κ1) is 87.0. The normalized spacial score (nSPS) is 13.1. The minimum absolute atomic E-state index is 0.00283. The predicted molar refractivity (Wildman–Crippen MR) is 521 cm³/mol. The second-order valence-corrected chi connectivity index (χ2v) is 34.1. The Labute approximate surface area is 762 Å². The Hall–Kier alpha value is -15.8. The van der Waals surface area contributed by atoms with Crippen LogP contribution >= 0.6 is 0 Å². The van der Waals surface area contributed by atoms with Gasteiger partial charge in [0.15, 0.2) is 51.7 Å². The van der Waals surface area contributed by atoms with Gasteiger partial charge in [-0.1, -0.05) is 143 Å². The highest BCUT2D eigenvalue weighted by atomic mass is 19.1. The molecule has 18 aromatic rings. The maximum absolute atomic E-state index is 13.2. The summed E-state index contributed by atoms with van der Waals surface area (Å²) in [5, 5.41) is 32.0. The SMILES string of the molecule is C#CCNC(=O)c1ccc(-c2cnc3c(NCC(C)C)nc4ccccc4n23)cc1.CC(C)CNc1nc2ccccc2n2c(-c3ccc(C(=O)Nc4cc[nH]n4)cc3)cnc12.O=C(NC1CC1)c1ccc(-c2cnc3c(NCCCCN4CCCC4)nc4ccccc4n23)cc1.O=C(NC1CC1)c1ccc(-c2cnc3c(NCCc4ccc(F)cc4)nc4ccccc4n23)cc1. The van der Waals surface area contributed by atoms with E-state index in [0.717, 1.165) is 193 Å². The summed E-state index contributed by atoms with van der Waals surface area (Å²) in [5.74, 6) is 6.24. The summed E-state index contributed by atoms with van der Waals surface area (Å²) in [4.78, 5) is 90.0. The molecule has 9 N–H and O–H groups in total. The van der Waals surface area contributed by atoms with Gasteiger partial charge in [0.05, 0.1) is 98.2 Å². The van der Waals surface area contributed by atoms with Crippen LogP contribution in [0.25, 0.3) is 112 Å². The molecule has 2 saturated carbocycles. The first-order valence-corrected chi connectivity index (χ1v) is 45.1. The molecule has 1 saturated heterocycles. The number of rotatable bonds is 28. The van der Waals surface area contributed by atoms with Crippen molar-refractivity contribution in [2.45, 2.75) is 97.6 Å². The van der Waals surface area contributed by atoms with Crippen molar-refractivity contribution in [2.24, 2.45) is 11.8 Å². The number of likely N-dealkylation sites (tertiary alicyclic amines) is 1. The number of halogens is 1. The molecule has 28 heteroatoms. The first-order chi connectivity index (χ1) is 64.6. The lowest BCUT2D eigenvalue weighted by atomic mass is 10.1. The third kappa shape index (κ3) is 20.1. The summed E-state index contributed by atoms with van der Waals surface area (Å²) in [6.07, 6.45) is 24.3. The molecule has 0 atom stereocenters. The lowest BCUT2D eigenvalue weighted by Crippen LogP contribution is -2.25. The molecule has 132 heavy (non-hydrogen) atoms. The number of benzene rings is 9. The van der Waals surface area contributed by atoms with Gasteiger partial charge >= 0.3 is 0 Å². The lowest BCUT2D eigenvalue weighted by molar-refractivity contribution is 0.0942. The zero-order chi connectivity index (χ0) is 90.6. The second-order valence-electron chi connectivity index (χ2n) is 34.1. The largest absolute Gasteiger partial charge is 0.367 e. The Balaban J connectivity index is 0.000000118. The number of hydrogen-bond donors (Lipinski definition) is 9. The minimum atomic E-state index is -0.235. The van der Waals surface area contributed by atoms with E-state index < -0.39 is 0 Å². The third-order valence-corrected chi connectivity index (χ3v) is 23.4. The van der Waals surface area contributed by atoms with E-state index in [1.165, 1.54) is 51.0 Å². The molecule has 10 heterocycles. The maximum atomic E-state index is 13.2. The standard InChI is InChI=1S/C28H24FN5O.C28H32N6O.C24H23N7O.C24H23N5O/c29-21-11-5-18(6-12-21)15-16-30-26-27-31-17-25(34(27)24-4-2-1-3-23(24)33-26)19-7-9-20(10-8-19)28(35)32-22-13-14-22;35-28(31-22-13-14-22)21-11-9-20(10-12-21)25-19-30-27-26(29-15-3-4-16-33-17-5-6-18-33)32-23-7-1-2-8-24(23)34(25)27;1-15(2)13-25-22-23-26-14-20(31(23)19-6-4-3-5-18(19)28-22)16-7-9-17(10-8-16)24(32)29-21-11-12-27-30-21;1-4-13-25-24(30)18-11-9-17(10-12-18)21-15-27-23-22(26-14-16(2)3)28-19-7-5-6-8-20(19)29(21)23/h1-12,17,22H,13-16H2,(H,30,33)(H,32,35);1-2,7-12,19,22H,3-6,13-18H2,(H,29,32)(H,31,35);3-12,14-15H,13H2,1-2H3,(H,25,28)(H2,27,29,30,32);1,5-12,15-16H,13-14H2,2-3H3,(H,25,30)(H,26,28). The van der Waals surface area contributed by atoms with E-state index in [4.69, 9.17) is 36.3 Å². The highest BCUT2D eigenvalue weighted by Gasteiger charge is 2.27. The van der Waals surface area contributed by atoms with Crippen LogP contribution in [0.1, 0.15) is 126 Å². The fourth-order valence-corrected chi connectivity index (χ4v) is 16.2. The monoisotopic (exact) mass is 1760 g/mol. The fourth-order valence-electron chi connectivity index (χ4n) is 16.2. The van der Waals surface area contributed by atoms with E-state index in [1.807, 2.05) is 189 Å². The average Bonchev–Trinajstić information content (AvgIpc) is 1.60. The van der Waals surface area contributed by atoms with E-state index in [-0.39, 0.29) is 36.0 Å². The highest BCUT2D eigenvalue weighted by molar-refractivity contribution is 6.04. The van der Waals surface area contributed by atoms with Gasteiger partial charge < -0.3 is 47.4 Å². The number of H-pyrrole nitrogens is 1. The summed E-state index contributed by atoms with van der Waals surface area (Å²) in [5.41, 5.74) is 21.8. The Morgan fingerprint density at radius 1 is 0.432 bits per heavy atom. The van der Waals surface area contributed by atoms with Gasteiger partial charge in [0.2, 0.25) is 0 Å². The number of aromatic amines is 1. The number of hydrogen-bond acceptors (Lipinski definition) is 18. The van der Waals surface area contributed by atoms with Gasteiger partial charge in [-0.15, -0.1) is 6.42 Å². The number of anilines is 5. The summed E-state index contributed by atoms with van der Waals surface area (Å²) < 4.78 is 21.7. The molecular weight excluding hydrogens is 1650 g/mol. The Kier molecular flexibility index (Phi) is 26.3. The van der Waals surface area contributed by atoms with E-state index >= 15 is 0 Å². The molecular formula is C104H102FN23O4. The molecule has 27 nitrogen and oxygen atoms in total. The van der Waals surface area contributed by atoms with Crippen LogP contribution in [0.3, 0.4) is 0 Å². The summed E-state index contributed by atoms with van der Waals surface area (Å²) >= 11 is 0. The number of fused-ring (bicyclic) bond motifs is 12. The molecule has 4 amide bonds. The number of imidazole rings is 4. The fraction of sp³-hybridized carbons (Fsp3) is 0.240. The number of aromatic nitrogens is 14. The zero-order valence-corrected chi connectivity index (χ0v) is 73.9. The topological polar surface area (TPSA) is 317 Å². The molecule has 0 radical (unpaired) electrons. The number of unbranched alkanes of at least 4 members (excludes halogenated alkanes) is 1. The molecule has 0 unspecified atom stereocenters. The van der Waals surface area contributed by atoms with Crippen molar-refractivity contribution in [3.63, 3.8) is 0 Å². The van der Waals surface area contributed by atoms with E-state index in [0.29, 0.717) is 64.4 Å². The van der Waals surface area contributed by atoms with E-state index in [2.05, 4.69) is 125 Å². The summed E-state index contributed by atoms with van der Waals surface area (Å²) in [6, 6.07) is 71.4. The Bertz CT molecular complexity index is 7210. The van der Waals surface area contributed by atoms with Crippen LogP contribution in [-0.2, 0) is 6.42 Å². The third-order valence-electron chi connectivity index (χ3n) is 23.4. The molecule has 21 rings (SSSR count). The van der Waals surface area contributed by atoms with Gasteiger partial charge in [0.25, 0.3) is 23.6 Å². The molecule has 9 aromatic heterocycles. The average molecular weight is 1760 g/mol. The predicted octanol–water partition coefficient (Wildman–Crippen LogP) is 18.5. The van der Waals surface area contributed by atoms with Crippen molar-refractivity contribution in [1.82, 2.24) is 88.5 Å². The highest BCUT2D eigenvalue weighted by Crippen LogP contribution is 2.36. The van der Waals surface area contributed by atoms with Crippen LogP contribution < -0.4 is 42.5 Å². The summed E-state index contributed by atoms with van der Waals surface area (Å²) in [7, 11) is 0. The second kappa shape index (κ2) is 39.9. The smallest absolute Gasteiger partial charge is 0.256 e. The minimum Gasteiger partial charge on any atom is -0.367 e. The molecule has 0 bridgehead atoms. The van der Waals surface area contributed by atoms with Gasteiger partial charge in [-0.25, -0.2) is 44.3 Å². The van der Waals surface area contributed by atoms with Gasteiger partial charge in [-0.05, 0) is 204 Å². The first-order valence-electron chi connectivity index (χ1n) is 45.1. The van der Waals surface area contributed by atoms with E-state index in [9.17, 15) is 23.6 Å². The molecule has 664 valence electrons. The van der Waals surface area contributed by atoms with Crippen molar-refractivity contribution >= 4 is 119 Å². The van der Waals surface area contributed by atoms with Gasteiger partial charge in [-0.3, -0.25) is 41.9 Å². The van der Waals surface area contributed by atoms with Crippen molar-refractivity contribution in [1.29, 1.82) is 0 Å². The number of nitrogens with zero attached hydrogens (tertiary/aromatic N) is 14. The van der Waals surface area contributed by atoms with Crippen LogP contribution in [0.5, 0.6) is 0 Å². The Morgan fingerprint density at radius 2 is 0.795 bits per heavy atom. The maximum Gasteiger partial charge on any atom is 0.256 e. The Morgan fingerprint density at radius 3 is 1.16 bits per heavy atom. The van der Waals surface area contributed by atoms with Gasteiger partial charge in [-0.2, -0.15) is 5.10 Å². The van der Waals surface area contributed by atoms with Crippen LogP contribution in [0, 0.1) is 30.0 Å². The number of nitrogens with one attached hydrogen (secondary N) is 9. The molecule has 3 fully saturated rings. The van der Waals surface area contributed by atoms with Crippen molar-refractivity contribution in [3.8, 4) is 57.4 Å². The number of carbonyl (C=O) groups excluding carboxylic acids is 4. The molecule has 9 aromatic carbocycles. The van der Waals surface area contributed by atoms with Crippen LogP contribution in [0.2, 0.25) is 0 Å². The number of carbonyl (C=O) groups is 4. The molecule has 3 aliphatic rings. The van der Waals surface area contributed by atoms with Gasteiger partial charge in [0, 0.05) is 95.0 Å². The van der Waals surface area contributed by atoms with Crippen LogP contribution in [0.4, 0.5) is 33.5 Å². The van der Waals surface area contributed by atoms with Crippen molar-refractivity contribution in [2.75, 3.05) is 78.9 Å². The molecule has 0 spiro atoms. The molecule has 1 aliphatic heterocycles. The quantitative estimate of drug-likeness (QED) is 0.0162. The number of amides is 4. The lowest BCUT2D eigenvalue weighted by Gasteiger charge is -2.14. The summed E-state index contributed by atoms with van der Waals surface area (Å²) in [6.45, 7) is 15.7. The van der Waals surface area contributed by atoms with Crippen molar-refractivity contribution < 1.29 is 23.6 Å². The van der Waals surface area contributed by atoms with Gasteiger partial charge in [0.1, 0.15) is 5.82 Å². The van der Waals surface area contributed by atoms with Crippen molar-refractivity contribution in [3.05, 3.63) is 289 Å². The van der Waals surface area contributed by atoms with Crippen LogP contribution in [0.15, 0.2) is 255 Å². The zero-order valence-electron chi connectivity index (χ0n) is 73.9. The van der Waals surface area contributed by atoms with E-state index in [1.54, 1.807) is 48.7 Å². The van der Waals surface area contributed by atoms with Crippen LogP contribution in [-0.4, -0.2) is 161 Å². The number of terminal acetylenes is 1. The molecule has 2 aliphatic carbocycles.